The minimum Gasteiger partial charge on any atom is -0.322 e. The number of thioether (sulfide) groups is 1. The molecule has 2 aliphatic rings. The maximum atomic E-state index is 12.8. The van der Waals surface area contributed by atoms with Gasteiger partial charge in [-0.25, -0.2) is 8.42 Å². The Morgan fingerprint density at radius 2 is 2.26 bits per heavy atom. The Morgan fingerprint density at radius 1 is 1.53 bits per heavy atom. The summed E-state index contributed by atoms with van der Waals surface area (Å²) in [7, 11) is -3.23. The second kappa shape index (κ2) is 5.61. The van der Waals surface area contributed by atoms with Crippen molar-refractivity contribution in [2.75, 3.05) is 30.9 Å². The zero-order chi connectivity index (χ0) is 14.1. The third kappa shape index (κ3) is 2.92. The van der Waals surface area contributed by atoms with Gasteiger partial charge in [0.15, 0.2) is 9.84 Å². The highest BCUT2D eigenvalue weighted by Crippen LogP contribution is 2.29. The second-order valence-corrected chi connectivity index (χ2v) is 8.68. The van der Waals surface area contributed by atoms with E-state index < -0.39 is 20.8 Å². The summed E-state index contributed by atoms with van der Waals surface area (Å²) in [5, 5.41) is 2.63. The molecule has 5 nitrogen and oxygen atoms in total. The molecule has 0 aliphatic carbocycles. The average Bonchev–Trinajstić information content (AvgIpc) is 2.87. The molecular weight excluding hydrogens is 284 g/mol. The second-order valence-electron chi connectivity index (χ2n) is 5.32. The van der Waals surface area contributed by atoms with Crippen LogP contribution in [0.4, 0.5) is 0 Å². The van der Waals surface area contributed by atoms with Crippen LogP contribution in [0.1, 0.15) is 26.2 Å². The van der Waals surface area contributed by atoms with Gasteiger partial charge >= 0.3 is 0 Å². The van der Waals surface area contributed by atoms with Gasteiger partial charge in [0.25, 0.3) is 0 Å². The molecule has 0 radical (unpaired) electrons. The van der Waals surface area contributed by atoms with Crippen molar-refractivity contribution >= 4 is 27.5 Å². The molecule has 0 aromatic carbocycles. The lowest BCUT2D eigenvalue weighted by Gasteiger charge is -2.40. The number of rotatable bonds is 3. The molecule has 0 aromatic rings. The number of carbonyl (C=O) groups is 1. The van der Waals surface area contributed by atoms with E-state index in [-0.39, 0.29) is 5.91 Å². The Bertz CT molecular complexity index is 444. The van der Waals surface area contributed by atoms with E-state index in [1.807, 2.05) is 6.92 Å². The van der Waals surface area contributed by atoms with Gasteiger partial charge in [-0.15, -0.1) is 0 Å². The minimum atomic E-state index is -3.23. The van der Waals surface area contributed by atoms with Gasteiger partial charge in [0.1, 0.15) is 5.37 Å². The Kier molecular flexibility index (Phi) is 4.47. The molecule has 0 spiro atoms. The smallest absolute Gasteiger partial charge is 0.243 e. The third-order valence-electron chi connectivity index (χ3n) is 4.10. The van der Waals surface area contributed by atoms with Crippen LogP contribution in [-0.2, 0) is 14.6 Å². The van der Waals surface area contributed by atoms with Crippen LogP contribution >= 0.6 is 11.8 Å². The van der Waals surface area contributed by atoms with Crippen molar-refractivity contribution in [2.24, 2.45) is 0 Å². The SMILES string of the molecule is CCC1(C(=O)N2CCSCC2S(C)(=O)=O)CCCN1. The number of carbonyl (C=O) groups excluding carboxylic acids is 1. The lowest BCUT2D eigenvalue weighted by Crippen LogP contribution is -2.60. The summed E-state index contributed by atoms with van der Waals surface area (Å²) >= 11 is 1.61. The van der Waals surface area contributed by atoms with Crippen molar-refractivity contribution in [3.63, 3.8) is 0 Å². The minimum absolute atomic E-state index is 0.0248. The number of amides is 1. The van der Waals surface area contributed by atoms with Crippen LogP contribution in [0.15, 0.2) is 0 Å². The van der Waals surface area contributed by atoms with Gasteiger partial charge in [-0.1, -0.05) is 6.92 Å². The number of hydrogen-bond acceptors (Lipinski definition) is 5. The predicted octanol–water partition coefficient (Wildman–Crippen LogP) is 0.465. The first-order chi connectivity index (χ1) is 8.91. The fourth-order valence-electron chi connectivity index (χ4n) is 2.88. The predicted molar refractivity (Wildman–Crippen MR) is 77.9 cm³/mol. The first-order valence-electron chi connectivity index (χ1n) is 6.73. The van der Waals surface area contributed by atoms with E-state index in [1.54, 1.807) is 16.7 Å². The van der Waals surface area contributed by atoms with Crippen molar-refractivity contribution in [1.29, 1.82) is 0 Å². The molecule has 0 bridgehead atoms. The quantitative estimate of drug-likeness (QED) is 0.821. The Morgan fingerprint density at radius 3 is 2.79 bits per heavy atom. The largest absolute Gasteiger partial charge is 0.322 e. The van der Waals surface area contributed by atoms with Crippen LogP contribution in [-0.4, -0.2) is 61.0 Å². The molecule has 2 fully saturated rings. The molecule has 2 rings (SSSR count). The normalized spacial score (nSPS) is 32.5. The highest BCUT2D eigenvalue weighted by molar-refractivity contribution is 8.00. The molecular formula is C12H22N2O3S2. The maximum Gasteiger partial charge on any atom is 0.243 e. The molecule has 0 aromatic heterocycles. The van der Waals surface area contributed by atoms with Crippen LogP contribution < -0.4 is 5.32 Å². The molecule has 2 saturated heterocycles. The summed E-state index contributed by atoms with van der Waals surface area (Å²) < 4.78 is 23.8. The molecule has 2 heterocycles. The summed E-state index contributed by atoms with van der Waals surface area (Å²) in [6, 6.07) is 0. The molecule has 0 saturated carbocycles. The van der Waals surface area contributed by atoms with Gasteiger partial charge in [-0.3, -0.25) is 4.79 Å². The lowest BCUT2D eigenvalue weighted by molar-refractivity contribution is -0.138. The van der Waals surface area contributed by atoms with Crippen LogP contribution in [0.2, 0.25) is 0 Å². The van der Waals surface area contributed by atoms with Gasteiger partial charge in [0.05, 0.1) is 5.54 Å². The lowest BCUT2D eigenvalue weighted by atomic mass is 9.92. The van der Waals surface area contributed by atoms with Gasteiger partial charge in [-0.05, 0) is 25.8 Å². The summed E-state index contributed by atoms with van der Waals surface area (Å²) in [5.41, 5.74) is -0.537. The zero-order valence-electron chi connectivity index (χ0n) is 11.5. The van der Waals surface area contributed by atoms with Gasteiger partial charge in [0, 0.05) is 24.3 Å². The number of hydrogen-bond donors (Lipinski definition) is 1. The van der Waals surface area contributed by atoms with E-state index in [0.717, 1.165) is 25.1 Å². The first kappa shape index (κ1) is 15.1. The summed E-state index contributed by atoms with van der Waals surface area (Å²) in [5.74, 6) is 1.28. The monoisotopic (exact) mass is 306 g/mol. The molecule has 1 amide bonds. The van der Waals surface area contributed by atoms with Crippen molar-refractivity contribution in [3.8, 4) is 0 Å². The fourth-order valence-corrected chi connectivity index (χ4v) is 5.70. The molecule has 1 N–H and O–H groups in total. The highest BCUT2D eigenvalue weighted by Gasteiger charge is 2.46. The van der Waals surface area contributed by atoms with Crippen LogP contribution in [0.5, 0.6) is 0 Å². The summed E-state index contributed by atoms with van der Waals surface area (Å²) in [6.07, 6.45) is 3.73. The van der Waals surface area contributed by atoms with E-state index in [1.165, 1.54) is 6.26 Å². The number of nitrogens with zero attached hydrogens (tertiary/aromatic N) is 1. The topological polar surface area (TPSA) is 66.5 Å². The van der Waals surface area contributed by atoms with Crippen molar-refractivity contribution in [2.45, 2.75) is 37.1 Å². The molecule has 7 heteroatoms. The summed E-state index contributed by atoms with van der Waals surface area (Å²) in [6.45, 7) is 3.36. The van der Waals surface area contributed by atoms with E-state index in [2.05, 4.69) is 5.32 Å². The maximum absolute atomic E-state index is 12.8. The van der Waals surface area contributed by atoms with Crippen LogP contribution in [0, 0.1) is 0 Å². The molecule has 2 atom stereocenters. The molecule has 19 heavy (non-hydrogen) atoms. The standard InChI is InChI=1S/C12H22N2O3S2/c1-3-12(5-4-6-13-12)11(15)14-7-8-18-9-10(14)19(2,16)17/h10,13H,3-9H2,1-2H3. The molecule has 110 valence electrons. The average molecular weight is 306 g/mol. The van der Waals surface area contributed by atoms with E-state index in [0.29, 0.717) is 18.7 Å². The Labute approximate surface area is 119 Å². The molecule has 2 unspecified atom stereocenters. The van der Waals surface area contributed by atoms with Crippen molar-refractivity contribution in [1.82, 2.24) is 10.2 Å². The fraction of sp³-hybridized carbons (Fsp3) is 0.917. The van der Waals surface area contributed by atoms with Gasteiger partial charge in [-0.2, -0.15) is 11.8 Å². The third-order valence-corrected chi connectivity index (χ3v) is 6.74. The Hall–Kier alpha value is -0.270. The van der Waals surface area contributed by atoms with Gasteiger partial charge in [0.2, 0.25) is 5.91 Å². The number of nitrogens with one attached hydrogen (secondary N) is 1. The molecule has 2 aliphatic heterocycles. The number of sulfone groups is 1. The van der Waals surface area contributed by atoms with Crippen molar-refractivity contribution in [3.05, 3.63) is 0 Å². The van der Waals surface area contributed by atoms with Crippen LogP contribution in [0.3, 0.4) is 0 Å². The zero-order valence-corrected chi connectivity index (χ0v) is 13.1. The van der Waals surface area contributed by atoms with E-state index in [4.69, 9.17) is 0 Å². The highest BCUT2D eigenvalue weighted by atomic mass is 32.2. The van der Waals surface area contributed by atoms with Gasteiger partial charge < -0.3 is 10.2 Å². The van der Waals surface area contributed by atoms with E-state index in [9.17, 15) is 13.2 Å². The first-order valence-corrected chi connectivity index (χ1v) is 9.84. The summed E-state index contributed by atoms with van der Waals surface area (Å²) in [4.78, 5) is 14.4. The Balaban J connectivity index is 2.25. The van der Waals surface area contributed by atoms with Crippen LogP contribution in [0.25, 0.3) is 0 Å². The van der Waals surface area contributed by atoms with Crippen molar-refractivity contribution < 1.29 is 13.2 Å². The van der Waals surface area contributed by atoms with E-state index >= 15 is 0 Å².